The summed E-state index contributed by atoms with van der Waals surface area (Å²) in [5, 5.41) is 3.57. The Balaban J connectivity index is 0.00000121. The van der Waals surface area contributed by atoms with Gasteiger partial charge < -0.3 is 19.9 Å². The maximum Gasteiger partial charge on any atom is 0.410 e. The molecule has 1 aliphatic heterocycles. The number of amides is 1. The summed E-state index contributed by atoms with van der Waals surface area (Å²) in [5.41, 5.74) is -0.438. The van der Waals surface area contributed by atoms with Gasteiger partial charge in [0.1, 0.15) is 23.1 Å². The fraction of sp³-hybridized carbons (Fsp3) is 0.452. The van der Waals surface area contributed by atoms with Crippen molar-refractivity contribution in [2.24, 2.45) is 0 Å². The second-order valence-electron chi connectivity index (χ2n) is 10.3. The van der Waals surface area contributed by atoms with Gasteiger partial charge in [0.15, 0.2) is 0 Å². The number of fused-ring (bicyclic) bond motifs is 3. The normalized spacial score (nSPS) is 13.4. The van der Waals surface area contributed by atoms with Gasteiger partial charge in [0.05, 0.1) is 16.8 Å². The van der Waals surface area contributed by atoms with Gasteiger partial charge in [-0.05, 0) is 26.8 Å². The van der Waals surface area contributed by atoms with Gasteiger partial charge in [-0.15, -0.1) is 0 Å². The SMILES string of the molecule is CC.CC.CC(C)(C)OC(=O)N1CCN(c2cc3c(NCc4cccc(C(F)F)c4F)nc4nccn4c3cc2F)CC1. The minimum atomic E-state index is -2.94. The number of aromatic nitrogens is 3. The van der Waals surface area contributed by atoms with E-state index >= 15 is 4.39 Å². The highest BCUT2D eigenvalue weighted by Crippen LogP contribution is 2.32. The number of carbonyl (C=O) groups is 1. The summed E-state index contributed by atoms with van der Waals surface area (Å²) in [6.07, 6.45) is -0.174. The lowest BCUT2D eigenvalue weighted by atomic mass is 10.1. The molecular formula is C31H40F4N6O2. The van der Waals surface area contributed by atoms with Crippen molar-refractivity contribution >= 4 is 34.3 Å². The third-order valence-electron chi connectivity index (χ3n) is 6.47. The monoisotopic (exact) mass is 604 g/mol. The molecule has 2 aromatic carbocycles. The standard InChI is InChI=1S/C27H28F4N6O2.2C2H6/c1-27(2,3)39-26(38)36-11-9-35(10-12-36)21-13-18-20(14-19(21)28)37-8-7-32-25(37)34-24(18)33-15-16-5-4-6-17(22(16)29)23(30)31;2*1-2/h4-8,13-14,23H,9-12,15H2,1-3H3,(H,32,33,34);2*1-2H3. The Bertz CT molecular complexity index is 1530. The second kappa shape index (κ2) is 14.4. The van der Waals surface area contributed by atoms with E-state index in [2.05, 4.69) is 15.3 Å². The summed E-state index contributed by atoms with van der Waals surface area (Å²) < 4.78 is 63.5. The molecule has 0 atom stereocenters. The Hall–Kier alpha value is -4.09. The minimum Gasteiger partial charge on any atom is -0.444 e. The van der Waals surface area contributed by atoms with Gasteiger partial charge in [0.25, 0.3) is 6.43 Å². The van der Waals surface area contributed by atoms with Crippen LogP contribution in [0, 0.1) is 11.6 Å². The smallest absolute Gasteiger partial charge is 0.410 e. The maximum absolute atomic E-state index is 15.4. The molecule has 1 aliphatic rings. The molecule has 1 amide bonds. The number of imidazole rings is 1. The first-order valence-electron chi connectivity index (χ1n) is 14.5. The number of ether oxygens (including phenoxy) is 1. The van der Waals surface area contributed by atoms with Crippen LogP contribution in [0.25, 0.3) is 16.7 Å². The van der Waals surface area contributed by atoms with Gasteiger partial charge in [-0.3, -0.25) is 4.40 Å². The molecule has 1 N–H and O–H groups in total. The van der Waals surface area contributed by atoms with E-state index in [0.29, 0.717) is 54.4 Å². The molecule has 0 radical (unpaired) electrons. The number of halogens is 4. The first-order valence-corrected chi connectivity index (χ1v) is 14.5. The molecule has 234 valence electrons. The molecule has 3 heterocycles. The van der Waals surface area contributed by atoms with Gasteiger partial charge in [-0.25, -0.2) is 27.3 Å². The highest BCUT2D eigenvalue weighted by atomic mass is 19.3. The number of rotatable bonds is 5. The zero-order valence-electron chi connectivity index (χ0n) is 25.7. The molecule has 5 rings (SSSR count). The molecule has 12 heteroatoms. The van der Waals surface area contributed by atoms with Crippen LogP contribution in [-0.2, 0) is 11.3 Å². The Kier molecular flexibility index (Phi) is 11.2. The van der Waals surface area contributed by atoms with Crippen molar-refractivity contribution in [3.63, 3.8) is 0 Å². The molecule has 4 aromatic rings. The predicted octanol–water partition coefficient (Wildman–Crippen LogP) is 7.82. The van der Waals surface area contributed by atoms with Crippen LogP contribution in [0.15, 0.2) is 42.7 Å². The third-order valence-corrected chi connectivity index (χ3v) is 6.47. The number of hydrogen-bond acceptors (Lipinski definition) is 6. The largest absolute Gasteiger partial charge is 0.444 e. The van der Waals surface area contributed by atoms with Crippen LogP contribution in [0.2, 0.25) is 0 Å². The van der Waals surface area contributed by atoms with Crippen molar-refractivity contribution < 1.29 is 27.1 Å². The van der Waals surface area contributed by atoms with Crippen molar-refractivity contribution in [2.75, 3.05) is 36.4 Å². The Labute approximate surface area is 249 Å². The van der Waals surface area contributed by atoms with Crippen molar-refractivity contribution in [2.45, 2.75) is 67.0 Å². The van der Waals surface area contributed by atoms with E-state index in [1.54, 1.807) is 42.3 Å². The molecule has 1 fully saturated rings. The van der Waals surface area contributed by atoms with E-state index in [0.717, 1.165) is 6.07 Å². The van der Waals surface area contributed by atoms with E-state index in [9.17, 15) is 18.0 Å². The zero-order chi connectivity index (χ0) is 31.9. The van der Waals surface area contributed by atoms with Gasteiger partial charge in [0.2, 0.25) is 5.78 Å². The molecule has 0 aliphatic carbocycles. The summed E-state index contributed by atoms with van der Waals surface area (Å²) in [6, 6.07) is 6.86. The van der Waals surface area contributed by atoms with Crippen LogP contribution < -0.4 is 10.2 Å². The van der Waals surface area contributed by atoms with Gasteiger partial charge in [-0.2, -0.15) is 4.98 Å². The van der Waals surface area contributed by atoms with Crippen molar-refractivity contribution in [1.82, 2.24) is 19.3 Å². The number of nitrogens with one attached hydrogen (secondary N) is 1. The van der Waals surface area contributed by atoms with Crippen molar-refractivity contribution in [1.29, 1.82) is 0 Å². The van der Waals surface area contributed by atoms with Crippen molar-refractivity contribution in [3.05, 3.63) is 65.5 Å². The lowest BCUT2D eigenvalue weighted by molar-refractivity contribution is 0.0240. The number of carbonyl (C=O) groups excluding carboxylic acids is 1. The molecular weight excluding hydrogens is 564 g/mol. The fourth-order valence-corrected chi connectivity index (χ4v) is 4.58. The van der Waals surface area contributed by atoms with E-state index in [-0.39, 0.29) is 12.1 Å². The van der Waals surface area contributed by atoms with Crippen molar-refractivity contribution in [3.8, 4) is 0 Å². The Morgan fingerprint density at radius 2 is 1.72 bits per heavy atom. The number of hydrogen-bond donors (Lipinski definition) is 1. The van der Waals surface area contributed by atoms with Crippen LogP contribution in [0.3, 0.4) is 0 Å². The van der Waals surface area contributed by atoms with Crippen LogP contribution in [0.1, 0.15) is 66.0 Å². The molecule has 8 nitrogen and oxygen atoms in total. The predicted molar refractivity (Wildman–Crippen MR) is 162 cm³/mol. The number of anilines is 2. The van der Waals surface area contributed by atoms with Gasteiger partial charge >= 0.3 is 6.09 Å². The average Bonchev–Trinajstić information content (AvgIpc) is 3.46. The summed E-state index contributed by atoms with van der Waals surface area (Å²) in [5.74, 6) is -0.846. The van der Waals surface area contributed by atoms with Crippen LogP contribution in [0.4, 0.5) is 33.9 Å². The zero-order valence-corrected chi connectivity index (χ0v) is 25.7. The fourth-order valence-electron chi connectivity index (χ4n) is 4.58. The van der Waals surface area contributed by atoms with Crippen LogP contribution >= 0.6 is 0 Å². The third kappa shape index (κ3) is 7.66. The summed E-state index contributed by atoms with van der Waals surface area (Å²) >= 11 is 0. The summed E-state index contributed by atoms with van der Waals surface area (Å²) in [7, 11) is 0. The molecule has 43 heavy (non-hydrogen) atoms. The number of benzene rings is 2. The highest BCUT2D eigenvalue weighted by molar-refractivity contribution is 5.94. The number of alkyl halides is 2. The van der Waals surface area contributed by atoms with Gasteiger partial charge in [0, 0.05) is 62.1 Å². The number of piperazine rings is 1. The molecule has 1 saturated heterocycles. The average molecular weight is 605 g/mol. The molecule has 0 spiro atoms. The molecule has 2 aromatic heterocycles. The lowest BCUT2D eigenvalue weighted by Gasteiger charge is -2.37. The number of nitrogens with zero attached hydrogens (tertiary/aromatic N) is 5. The first-order chi connectivity index (χ1) is 20.5. The quantitative estimate of drug-likeness (QED) is 0.234. The second-order valence-corrected chi connectivity index (χ2v) is 10.3. The van der Waals surface area contributed by atoms with Crippen LogP contribution in [0.5, 0.6) is 0 Å². The first kappa shape index (κ1) is 33.4. The molecule has 0 unspecified atom stereocenters. The van der Waals surface area contributed by atoms with Crippen LogP contribution in [-0.4, -0.2) is 57.1 Å². The Morgan fingerprint density at radius 1 is 1.05 bits per heavy atom. The minimum absolute atomic E-state index is 0.0477. The topological polar surface area (TPSA) is 75.0 Å². The molecule has 0 saturated carbocycles. The molecule has 0 bridgehead atoms. The highest BCUT2D eigenvalue weighted by Gasteiger charge is 2.27. The lowest BCUT2D eigenvalue weighted by Crippen LogP contribution is -2.50. The Morgan fingerprint density at radius 3 is 2.35 bits per heavy atom. The summed E-state index contributed by atoms with van der Waals surface area (Å²) in [6.45, 7) is 14.8. The van der Waals surface area contributed by atoms with Gasteiger partial charge in [-0.1, -0.05) is 45.9 Å². The van der Waals surface area contributed by atoms with E-state index in [1.165, 1.54) is 24.4 Å². The summed E-state index contributed by atoms with van der Waals surface area (Å²) in [4.78, 5) is 24.6. The van der Waals surface area contributed by atoms with E-state index in [4.69, 9.17) is 4.74 Å². The van der Waals surface area contributed by atoms with E-state index in [1.807, 2.05) is 32.6 Å². The van der Waals surface area contributed by atoms with E-state index < -0.39 is 35.3 Å². The maximum atomic E-state index is 15.4.